The van der Waals surface area contributed by atoms with Gasteiger partial charge in [-0.2, -0.15) is 0 Å². The van der Waals surface area contributed by atoms with Gasteiger partial charge in [0.1, 0.15) is 17.9 Å². The molecule has 8 heteroatoms. The van der Waals surface area contributed by atoms with Crippen molar-refractivity contribution in [1.82, 2.24) is 0 Å². The third-order valence-corrected chi connectivity index (χ3v) is 8.89. The number of anilines is 1. The number of aldehydes is 1. The van der Waals surface area contributed by atoms with Crippen LogP contribution in [0.1, 0.15) is 85.0 Å². The first-order valence-corrected chi connectivity index (χ1v) is 14.1. The molecule has 4 rings (SSSR count). The number of rotatable bonds is 7. The van der Waals surface area contributed by atoms with Crippen molar-refractivity contribution in [3.63, 3.8) is 0 Å². The van der Waals surface area contributed by atoms with E-state index in [1.807, 2.05) is 29.2 Å². The summed E-state index contributed by atoms with van der Waals surface area (Å²) in [7, 11) is 0. The molecule has 1 aliphatic heterocycles. The van der Waals surface area contributed by atoms with Crippen LogP contribution in [-0.2, 0) is 28.7 Å². The van der Waals surface area contributed by atoms with Crippen molar-refractivity contribution in [1.29, 1.82) is 0 Å². The number of carbonyl (C=O) groups excluding carboxylic acids is 5. The normalized spacial score (nSPS) is 28.8. The van der Waals surface area contributed by atoms with Crippen LogP contribution in [0.25, 0.3) is 0 Å². The topological polar surface area (TPSA) is 97.8 Å². The summed E-state index contributed by atoms with van der Waals surface area (Å²) in [5.41, 5.74) is -0.210. The minimum atomic E-state index is -0.758. The molecule has 1 spiro atoms. The second-order valence-electron chi connectivity index (χ2n) is 11.1. The average molecular weight is 546 g/mol. The number of hydrogen-bond donors (Lipinski definition) is 0. The molecule has 208 valence electrons. The van der Waals surface area contributed by atoms with E-state index in [1.54, 1.807) is 20.8 Å². The summed E-state index contributed by atoms with van der Waals surface area (Å²) in [5, 5.41) is 0.645. The highest BCUT2D eigenvalue weighted by Gasteiger charge is 2.50. The molecule has 0 radical (unpaired) electrons. The van der Waals surface area contributed by atoms with Crippen LogP contribution in [0.5, 0.6) is 0 Å². The predicted molar refractivity (Wildman–Crippen MR) is 146 cm³/mol. The fourth-order valence-electron chi connectivity index (χ4n) is 6.45. The highest BCUT2D eigenvalue weighted by atomic mass is 35.5. The van der Waals surface area contributed by atoms with Gasteiger partial charge in [-0.1, -0.05) is 30.5 Å². The van der Waals surface area contributed by atoms with Crippen molar-refractivity contribution in [2.45, 2.75) is 85.0 Å². The lowest BCUT2D eigenvalue weighted by molar-refractivity contribution is -0.160. The van der Waals surface area contributed by atoms with Gasteiger partial charge in [0.15, 0.2) is 0 Å². The molecule has 1 heterocycles. The molecule has 1 aromatic carbocycles. The van der Waals surface area contributed by atoms with Crippen LogP contribution in [0.2, 0.25) is 5.02 Å². The lowest BCUT2D eigenvalue weighted by Gasteiger charge is -2.36. The smallest absolute Gasteiger partial charge is 0.312 e. The maximum atomic E-state index is 12.9. The van der Waals surface area contributed by atoms with E-state index in [9.17, 15) is 24.0 Å². The summed E-state index contributed by atoms with van der Waals surface area (Å²) in [5.74, 6) is 0.135. The van der Waals surface area contributed by atoms with Crippen molar-refractivity contribution in [2.24, 2.45) is 22.7 Å². The quantitative estimate of drug-likeness (QED) is 0.320. The molecule has 4 atom stereocenters. The van der Waals surface area contributed by atoms with Crippen molar-refractivity contribution in [2.75, 3.05) is 18.1 Å². The summed E-state index contributed by atoms with van der Waals surface area (Å²) in [6.07, 6.45) is 8.03. The molecule has 1 aromatic rings. The zero-order valence-electron chi connectivity index (χ0n) is 22.8. The average Bonchev–Trinajstić information content (AvgIpc) is 3.19. The molecule has 38 heavy (non-hydrogen) atoms. The molecule has 0 aromatic heterocycles. The Morgan fingerprint density at radius 2 is 1.71 bits per heavy atom. The number of amides is 1. The van der Waals surface area contributed by atoms with Gasteiger partial charge in [0.2, 0.25) is 5.91 Å². The Hall–Kier alpha value is -2.54. The van der Waals surface area contributed by atoms with Crippen molar-refractivity contribution in [3.8, 4) is 0 Å². The molecule has 3 fully saturated rings. The molecule has 2 saturated carbocycles. The van der Waals surface area contributed by atoms with Crippen molar-refractivity contribution in [3.05, 3.63) is 29.3 Å². The molecule has 1 saturated heterocycles. The minimum absolute atomic E-state index is 0.0574. The van der Waals surface area contributed by atoms with Crippen LogP contribution in [-0.4, -0.2) is 42.9 Å². The van der Waals surface area contributed by atoms with E-state index in [0.29, 0.717) is 24.5 Å². The van der Waals surface area contributed by atoms with Crippen LogP contribution < -0.4 is 4.90 Å². The molecule has 3 aliphatic rings. The Labute approximate surface area is 230 Å². The molecule has 2 aliphatic carbocycles. The molecule has 0 bridgehead atoms. The first kappa shape index (κ1) is 30.0. The highest BCUT2D eigenvalue weighted by Crippen LogP contribution is 2.48. The van der Waals surface area contributed by atoms with Crippen LogP contribution in [0.15, 0.2) is 24.3 Å². The monoisotopic (exact) mass is 545 g/mol. The molecule has 0 N–H and O–H groups in total. The Morgan fingerprint density at radius 3 is 2.32 bits per heavy atom. The first-order chi connectivity index (χ1) is 18.1. The number of halogens is 1. The van der Waals surface area contributed by atoms with Crippen LogP contribution in [0, 0.1) is 22.7 Å². The number of benzene rings is 1. The molecular weight excluding hydrogens is 506 g/mol. The summed E-state index contributed by atoms with van der Waals surface area (Å²) in [6, 6.07) is 7.45. The second kappa shape index (κ2) is 13.0. The van der Waals surface area contributed by atoms with Gasteiger partial charge in [-0.3, -0.25) is 19.2 Å². The van der Waals surface area contributed by atoms with Gasteiger partial charge in [-0.25, -0.2) is 0 Å². The van der Waals surface area contributed by atoms with E-state index in [0.717, 1.165) is 63.5 Å². The number of Topliss-reactive ketones (excluding diaryl/α,β-unsaturated/α-hetero) is 2. The number of carbonyl (C=O) groups is 5. The first-order valence-electron chi connectivity index (χ1n) is 13.8. The van der Waals surface area contributed by atoms with Crippen LogP contribution in [0.4, 0.5) is 5.69 Å². The maximum absolute atomic E-state index is 12.9. The van der Waals surface area contributed by atoms with Crippen LogP contribution >= 0.6 is 11.6 Å². The van der Waals surface area contributed by atoms with Gasteiger partial charge in [0.25, 0.3) is 0 Å². The van der Waals surface area contributed by atoms with E-state index in [2.05, 4.69) is 0 Å². The number of esters is 1. The summed E-state index contributed by atoms with van der Waals surface area (Å²) in [4.78, 5) is 60.7. The summed E-state index contributed by atoms with van der Waals surface area (Å²) in [6.45, 7) is 5.98. The molecule has 7 nitrogen and oxygen atoms in total. The number of hydrogen-bond acceptors (Lipinski definition) is 6. The third kappa shape index (κ3) is 6.71. The third-order valence-electron chi connectivity index (χ3n) is 8.66. The van der Waals surface area contributed by atoms with E-state index in [4.69, 9.17) is 16.3 Å². The van der Waals surface area contributed by atoms with Crippen LogP contribution in [0.3, 0.4) is 0 Å². The molecular formula is C30H40ClNO6. The predicted octanol–water partition coefficient (Wildman–Crippen LogP) is 5.75. The van der Waals surface area contributed by atoms with E-state index in [-0.39, 0.29) is 47.1 Å². The van der Waals surface area contributed by atoms with Crippen molar-refractivity contribution < 1.29 is 28.7 Å². The number of ether oxygens (including phenoxy) is 1. The summed E-state index contributed by atoms with van der Waals surface area (Å²) >= 11 is 6.03. The Morgan fingerprint density at radius 1 is 1.05 bits per heavy atom. The fourth-order valence-corrected chi connectivity index (χ4v) is 6.63. The largest absolute Gasteiger partial charge is 0.466 e. The van der Waals surface area contributed by atoms with Gasteiger partial charge in [-0.05, 0) is 83.9 Å². The second-order valence-corrected chi connectivity index (χ2v) is 11.6. The van der Waals surface area contributed by atoms with E-state index in [1.165, 1.54) is 0 Å². The number of ketones is 2. The molecule has 1 amide bonds. The Bertz CT molecular complexity index is 1060. The van der Waals surface area contributed by atoms with E-state index < -0.39 is 5.41 Å². The van der Waals surface area contributed by atoms with Crippen molar-refractivity contribution >= 4 is 47.0 Å². The zero-order chi connectivity index (χ0) is 27.9. The van der Waals surface area contributed by atoms with Gasteiger partial charge in [0, 0.05) is 35.5 Å². The van der Waals surface area contributed by atoms with E-state index >= 15 is 0 Å². The highest BCUT2D eigenvalue weighted by molar-refractivity contribution is 6.31. The summed E-state index contributed by atoms with van der Waals surface area (Å²) < 4.78 is 5.06. The minimum Gasteiger partial charge on any atom is -0.466 e. The maximum Gasteiger partial charge on any atom is 0.312 e. The molecule has 0 unspecified atom stereocenters. The lowest BCUT2D eigenvalue weighted by atomic mass is 9.67. The van der Waals surface area contributed by atoms with Gasteiger partial charge in [0.05, 0.1) is 17.4 Å². The Balaban J connectivity index is 0.000000216. The SMILES string of the molecule is CC(=O)[C@@H]1CCC[C@]2(CCN(c3cccc(Cl)c3)C2=O)C1.CCOC(=O)[C@]1(CC=O)CCC[C@@H](C(C)=O)C1. The zero-order valence-corrected chi connectivity index (χ0v) is 23.6. The lowest BCUT2D eigenvalue weighted by Crippen LogP contribution is -2.39. The standard InChI is InChI=1S/C17H20ClNO2.C13H20O4/c1-12(20)13-4-3-7-17(11-13)8-9-19(16(17)21)15-6-2-5-14(18)10-15;1-3-17-12(16)13(7-8-14)6-4-5-11(9-13)10(2)15/h2,5-6,10,13H,3-4,7-9,11H2,1H3;8,11H,3-7,9H2,1-2H3/t13-,17+;11-,13+/m11/s1. The van der Waals surface area contributed by atoms with Gasteiger partial charge in [-0.15, -0.1) is 0 Å². The Kier molecular flexibility index (Phi) is 10.3. The fraction of sp³-hybridized carbons (Fsp3) is 0.633. The van der Waals surface area contributed by atoms with Gasteiger partial charge >= 0.3 is 5.97 Å². The number of nitrogens with zero attached hydrogens (tertiary/aromatic N) is 1. The van der Waals surface area contributed by atoms with Gasteiger partial charge < -0.3 is 14.4 Å².